The van der Waals surface area contributed by atoms with E-state index in [1.807, 2.05) is 13.8 Å². The monoisotopic (exact) mass is 343 g/mol. The van der Waals surface area contributed by atoms with Crippen LogP contribution in [0.5, 0.6) is 0 Å². The lowest BCUT2D eigenvalue weighted by atomic mass is 9.94. The number of nitrogens with zero attached hydrogens (tertiary/aromatic N) is 1. The molecule has 0 atom stereocenters. The van der Waals surface area contributed by atoms with Crippen molar-refractivity contribution in [3.63, 3.8) is 0 Å². The number of hydrogen-bond acceptors (Lipinski definition) is 4. The van der Waals surface area contributed by atoms with Crippen LogP contribution >= 0.6 is 0 Å². The van der Waals surface area contributed by atoms with E-state index in [0.717, 1.165) is 32.1 Å². The number of carbonyl (C=O) groups is 3. The van der Waals surface area contributed by atoms with Crippen LogP contribution in [-0.4, -0.2) is 40.7 Å². The first-order valence-corrected chi connectivity index (χ1v) is 8.87. The Balaban J connectivity index is 1.80. The van der Waals surface area contributed by atoms with Crippen molar-refractivity contribution in [2.75, 3.05) is 6.54 Å². The lowest BCUT2D eigenvalue weighted by molar-refractivity contribution is 0.0549. The maximum Gasteiger partial charge on any atom is 0.261 e. The molecule has 1 saturated carbocycles. The highest BCUT2D eigenvalue weighted by molar-refractivity contribution is 6.22. The molecule has 1 aliphatic carbocycles. The first-order chi connectivity index (χ1) is 11.8. The number of nitrogens with one attached hydrogen (secondary N) is 1. The van der Waals surface area contributed by atoms with Gasteiger partial charge in [-0.1, -0.05) is 19.3 Å². The summed E-state index contributed by atoms with van der Waals surface area (Å²) >= 11 is 0. The number of imide groups is 1. The molecule has 134 valence electrons. The van der Waals surface area contributed by atoms with Crippen molar-refractivity contribution in [3.8, 4) is 0 Å². The Labute approximate surface area is 147 Å². The lowest BCUT2D eigenvalue weighted by Gasteiger charge is -2.29. The van der Waals surface area contributed by atoms with Crippen LogP contribution in [-0.2, 0) is 0 Å². The zero-order valence-electron chi connectivity index (χ0n) is 14.8. The fourth-order valence-corrected chi connectivity index (χ4v) is 3.48. The summed E-state index contributed by atoms with van der Waals surface area (Å²) in [5.74, 6) is -0.805. The van der Waals surface area contributed by atoms with Crippen molar-refractivity contribution in [2.24, 2.45) is 5.73 Å². The minimum Gasteiger partial charge on any atom is -0.350 e. The molecule has 1 aromatic carbocycles. The van der Waals surface area contributed by atoms with E-state index in [0.29, 0.717) is 23.2 Å². The number of amides is 3. The van der Waals surface area contributed by atoms with Gasteiger partial charge in [-0.3, -0.25) is 19.3 Å². The van der Waals surface area contributed by atoms with Crippen molar-refractivity contribution in [2.45, 2.75) is 57.5 Å². The molecule has 0 aromatic heterocycles. The van der Waals surface area contributed by atoms with E-state index in [-0.39, 0.29) is 23.8 Å². The Kier molecular flexibility index (Phi) is 4.64. The zero-order chi connectivity index (χ0) is 18.2. The molecule has 1 aromatic rings. The molecular formula is C19H25N3O3. The second-order valence-electron chi connectivity index (χ2n) is 7.70. The molecule has 6 heteroatoms. The number of hydrogen-bond donors (Lipinski definition) is 2. The van der Waals surface area contributed by atoms with Crippen LogP contribution in [0, 0.1) is 0 Å². The van der Waals surface area contributed by atoms with Gasteiger partial charge in [-0.25, -0.2) is 0 Å². The summed E-state index contributed by atoms with van der Waals surface area (Å²) in [6, 6.07) is 4.68. The highest BCUT2D eigenvalue weighted by Crippen LogP contribution is 2.31. The van der Waals surface area contributed by atoms with Crippen LogP contribution in [0.3, 0.4) is 0 Å². The van der Waals surface area contributed by atoms with Gasteiger partial charge in [-0.2, -0.15) is 0 Å². The van der Waals surface area contributed by atoms with Crippen LogP contribution in [0.2, 0.25) is 0 Å². The molecule has 0 saturated heterocycles. The zero-order valence-corrected chi connectivity index (χ0v) is 14.8. The van der Waals surface area contributed by atoms with Gasteiger partial charge in [-0.15, -0.1) is 0 Å². The van der Waals surface area contributed by atoms with Crippen LogP contribution in [0.1, 0.15) is 77.0 Å². The van der Waals surface area contributed by atoms with Crippen molar-refractivity contribution in [3.05, 3.63) is 34.9 Å². The summed E-state index contributed by atoms with van der Waals surface area (Å²) < 4.78 is 0. The predicted octanol–water partition coefficient (Wildman–Crippen LogP) is 2.08. The van der Waals surface area contributed by atoms with Gasteiger partial charge in [0.2, 0.25) is 0 Å². The summed E-state index contributed by atoms with van der Waals surface area (Å²) in [7, 11) is 0. The second kappa shape index (κ2) is 6.59. The second-order valence-corrected chi connectivity index (χ2v) is 7.70. The first-order valence-electron chi connectivity index (χ1n) is 8.87. The van der Waals surface area contributed by atoms with Gasteiger partial charge in [-0.05, 0) is 44.9 Å². The summed E-state index contributed by atoms with van der Waals surface area (Å²) in [6.07, 6.45) is 4.97. The van der Waals surface area contributed by atoms with E-state index in [1.54, 1.807) is 12.1 Å². The molecule has 1 aliphatic heterocycles. The molecule has 0 radical (unpaired) electrons. The van der Waals surface area contributed by atoms with Gasteiger partial charge in [0, 0.05) is 23.7 Å². The smallest absolute Gasteiger partial charge is 0.261 e. The summed E-state index contributed by atoms with van der Waals surface area (Å²) in [4.78, 5) is 39.1. The number of nitrogens with two attached hydrogens (primary N) is 1. The van der Waals surface area contributed by atoms with E-state index in [1.165, 1.54) is 11.0 Å². The highest BCUT2D eigenvalue weighted by atomic mass is 16.2. The van der Waals surface area contributed by atoms with Crippen LogP contribution in [0.25, 0.3) is 0 Å². The number of fused-ring (bicyclic) bond motifs is 1. The van der Waals surface area contributed by atoms with Crippen LogP contribution < -0.4 is 11.1 Å². The molecule has 0 unspecified atom stereocenters. The normalized spacial score (nSPS) is 18.4. The van der Waals surface area contributed by atoms with Crippen molar-refractivity contribution >= 4 is 17.7 Å². The van der Waals surface area contributed by atoms with Crippen LogP contribution in [0.4, 0.5) is 0 Å². The Morgan fingerprint density at radius 3 is 2.44 bits per heavy atom. The number of carbonyl (C=O) groups excluding carboxylic acids is 3. The molecular weight excluding hydrogens is 318 g/mol. The lowest BCUT2D eigenvalue weighted by Crippen LogP contribution is -2.45. The third-order valence-electron chi connectivity index (χ3n) is 4.82. The van der Waals surface area contributed by atoms with Crippen molar-refractivity contribution in [1.29, 1.82) is 0 Å². The molecule has 1 heterocycles. The van der Waals surface area contributed by atoms with Crippen LogP contribution in [0.15, 0.2) is 18.2 Å². The Hall–Kier alpha value is -2.21. The van der Waals surface area contributed by atoms with Crippen molar-refractivity contribution < 1.29 is 14.4 Å². The summed E-state index contributed by atoms with van der Waals surface area (Å²) in [5, 5.41) is 2.76. The third-order valence-corrected chi connectivity index (χ3v) is 4.82. The standard InChI is InChI=1S/C19H25N3O3/c1-19(2,20)11-21-16(23)12-8-9-14-15(10-12)18(25)22(17(14)24)13-6-4-3-5-7-13/h8-10,13H,3-7,11,20H2,1-2H3,(H,21,23). The minimum absolute atomic E-state index is 0.0172. The maximum atomic E-state index is 12.8. The van der Waals surface area contributed by atoms with Gasteiger partial charge in [0.25, 0.3) is 17.7 Å². The topological polar surface area (TPSA) is 92.5 Å². The Morgan fingerprint density at radius 2 is 1.80 bits per heavy atom. The quantitative estimate of drug-likeness (QED) is 0.819. The molecule has 3 rings (SSSR count). The van der Waals surface area contributed by atoms with E-state index in [2.05, 4.69) is 5.32 Å². The highest BCUT2D eigenvalue weighted by Gasteiger charge is 2.40. The fourth-order valence-electron chi connectivity index (χ4n) is 3.48. The molecule has 0 bridgehead atoms. The van der Waals surface area contributed by atoms with E-state index < -0.39 is 5.54 Å². The average molecular weight is 343 g/mol. The van der Waals surface area contributed by atoms with Gasteiger partial charge >= 0.3 is 0 Å². The van der Waals surface area contributed by atoms with E-state index in [9.17, 15) is 14.4 Å². The Morgan fingerprint density at radius 1 is 1.16 bits per heavy atom. The maximum absolute atomic E-state index is 12.8. The van der Waals surface area contributed by atoms with E-state index >= 15 is 0 Å². The SMILES string of the molecule is CC(C)(N)CNC(=O)c1ccc2c(c1)C(=O)N(C1CCCCC1)C2=O. The summed E-state index contributed by atoms with van der Waals surface area (Å²) in [5.41, 5.74) is 6.45. The fraction of sp³-hybridized carbons (Fsp3) is 0.526. The van der Waals surface area contributed by atoms with Gasteiger partial charge in [0.05, 0.1) is 11.1 Å². The third kappa shape index (κ3) is 3.58. The Bertz CT molecular complexity index is 715. The van der Waals surface area contributed by atoms with Gasteiger partial charge < -0.3 is 11.1 Å². The number of benzene rings is 1. The molecule has 0 spiro atoms. The van der Waals surface area contributed by atoms with E-state index in [4.69, 9.17) is 5.73 Å². The van der Waals surface area contributed by atoms with Gasteiger partial charge in [0.1, 0.15) is 0 Å². The molecule has 3 amide bonds. The summed E-state index contributed by atoms with van der Waals surface area (Å²) in [6.45, 7) is 3.96. The minimum atomic E-state index is -0.518. The first kappa shape index (κ1) is 17.6. The molecule has 1 fully saturated rings. The van der Waals surface area contributed by atoms with Crippen molar-refractivity contribution in [1.82, 2.24) is 10.2 Å². The average Bonchev–Trinajstić information content (AvgIpc) is 2.83. The predicted molar refractivity (Wildman–Crippen MR) is 94.4 cm³/mol. The molecule has 2 aliphatic rings. The number of rotatable bonds is 4. The largest absolute Gasteiger partial charge is 0.350 e. The van der Waals surface area contributed by atoms with Gasteiger partial charge in [0.15, 0.2) is 0 Å². The molecule has 3 N–H and O–H groups in total. The molecule has 6 nitrogen and oxygen atoms in total. The molecule has 25 heavy (non-hydrogen) atoms.